The molecule has 2 aromatic rings. The van der Waals surface area contributed by atoms with Gasteiger partial charge in [-0.1, -0.05) is 12.1 Å². The van der Waals surface area contributed by atoms with E-state index in [9.17, 15) is 9.59 Å². The molecule has 2 heterocycles. The molecule has 8 nitrogen and oxygen atoms in total. The van der Waals surface area contributed by atoms with Crippen LogP contribution in [0.2, 0.25) is 0 Å². The molecule has 0 atom stereocenters. The van der Waals surface area contributed by atoms with E-state index in [1.807, 2.05) is 31.2 Å². The van der Waals surface area contributed by atoms with Crippen molar-refractivity contribution in [2.24, 2.45) is 0 Å². The monoisotopic (exact) mass is 344 g/mol. The third-order valence-electron chi connectivity index (χ3n) is 4.22. The first kappa shape index (κ1) is 17.2. The van der Waals surface area contributed by atoms with Crippen LogP contribution in [0.5, 0.6) is 0 Å². The molecule has 0 spiro atoms. The van der Waals surface area contributed by atoms with Crippen LogP contribution in [0, 0.1) is 0 Å². The molecular weight excluding hydrogens is 320 g/mol. The summed E-state index contributed by atoms with van der Waals surface area (Å²) in [5.41, 5.74) is 1.99. The molecule has 1 fully saturated rings. The molecule has 0 aliphatic carbocycles. The van der Waals surface area contributed by atoms with E-state index >= 15 is 0 Å². The number of carbonyl (C=O) groups is 2. The van der Waals surface area contributed by atoms with Gasteiger partial charge in [0.2, 0.25) is 11.9 Å². The summed E-state index contributed by atoms with van der Waals surface area (Å²) < 4.78 is 0. The number of imide groups is 1. The molecule has 0 bridgehead atoms. The fraction of sp³-hybridized carbons (Fsp3) is 0.471. The summed E-state index contributed by atoms with van der Waals surface area (Å²) in [6.45, 7) is 5.77. The summed E-state index contributed by atoms with van der Waals surface area (Å²) in [6, 6.07) is 7.53. The lowest BCUT2D eigenvalue weighted by molar-refractivity contribution is -0.121. The number of rotatable bonds is 4. The summed E-state index contributed by atoms with van der Waals surface area (Å²) in [4.78, 5) is 35.6. The Balaban J connectivity index is 1.55. The first-order chi connectivity index (χ1) is 12.2. The Hall–Kier alpha value is -2.61. The fourth-order valence-electron chi connectivity index (χ4n) is 3.00. The number of H-pyrrole nitrogens is 1. The summed E-state index contributed by atoms with van der Waals surface area (Å²) in [6.07, 6.45) is 0.936. The van der Waals surface area contributed by atoms with Gasteiger partial charge in [0.15, 0.2) is 0 Å². The van der Waals surface area contributed by atoms with Gasteiger partial charge in [-0.05, 0) is 25.5 Å². The number of anilines is 1. The van der Waals surface area contributed by atoms with E-state index in [4.69, 9.17) is 0 Å². The standard InChI is InChI=1S/C17H24N6O2/c1-2-18-17(25)21-15(24)12-22-8-5-9-23(11-10-22)16-19-13-6-3-4-7-14(13)20-16/h3-4,6-7H,2,5,8-12H2,1H3,(H,19,20)(H2,18,21,24,25). The maximum absolute atomic E-state index is 11.9. The number of aromatic amines is 1. The number of fused-ring (bicyclic) bond motifs is 1. The van der Waals surface area contributed by atoms with Crippen molar-refractivity contribution in [3.8, 4) is 0 Å². The van der Waals surface area contributed by atoms with Gasteiger partial charge in [-0.25, -0.2) is 9.78 Å². The topological polar surface area (TPSA) is 93.4 Å². The molecule has 1 saturated heterocycles. The molecule has 0 saturated carbocycles. The molecule has 3 amide bonds. The van der Waals surface area contributed by atoms with Crippen molar-refractivity contribution in [2.45, 2.75) is 13.3 Å². The normalized spacial score (nSPS) is 15.8. The van der Waals surface area contributed by atoms with Crippen LogP contribution in [0.25, 0.3) is 11.0 Å². The number of carbonyl (C=O) groups excluding carboxylic acids is 2. The summed E-state index contributed by atoms with van der Waals surface area (Å²) in [7, 11) is 0. The highest BCUT2D eigenvalue weighted by Gasteiger charge is 2.19. The van der Waals surface area contributed by atoms with E-state index in [2.05, 4.69) is 30.4 Å². The zero-order valence-corrected chi connectivity index (χ0v) is 14.4. The SMILES string of the molecule is CCNC(=O)NC(=O)CN1CCCN(c2nc3ccccc3[nH]2)CC1. The summed E-state index contributed by atoms with van der Waals surface area (Å²) in [5.74, 6) is 0.595. The number of imidazole rings is 1. The van der Waals surface area contributed by atoms with Crippen molar-refractivity contribution in [3.05, 3.63) is 24.3 Å². The number of hydrogen-bond donors (Lipinski definition) is 3. The Kier molecular flexibility index (Phi) is 5.49. The molecule has 0 radical (unpaired) electrons. The minimum atomic E-state index is -0.439. The zero-order valence-electron chi connectivity index (χ0n) is 14.4. The van der Waals surface area contributed by atoms with Gasteiger partial charge in [0.05, 0.1) is 17.6 Å². The van der Waals surface area contributed by atoms with E-state index in [-0.39, 0.29) is 12.5 Å². The van der Waals surface area contributed by atoms with Crippen molar-refractivity contribution in [1.82, 2.24) is 25.5 Å². The lowest BCUT2D eigenvalue weighted by Crippen LogP contribution is -2.45. The average molecular weight is 344 g/mol. The first-order valence-corrected chi connectivity index (χ1v) is 8.65. The predicted octanol–water partition coefficient (Wildman–Crippen LogP) is 0.921. The molecule has 1 aromatic carbocycles. The van der Waals surface area contributed by atoms with E-state index < -0.39 is 6.03 Å². The Bertz CT molecular complexity index is 711. The van der Waals surface area contributed by atoms with Crippen LogP contribution in [0.1, 0.15) is 13.3 Å². The van der Waals surface area contributed by atoms with Gasteiger partial charge in [-0.2, -0.15) is 0 Å². The number of amides is 3. The molecule has 8 heteroatoms. The van der Waals surface area contributed by atoms with Crippen LogP contribution in [0.3, 0.4) is 0 Å². The fourth-order valence-corrected chi connectivity index (χ4v) is 3.00. The first-order valence-electron chi connectivity index (χ1n) is 8.65. The summed E-state index contributed by atoms with van der Waals surface area (Å²) >= 11 is 0. The predicted molar refractivity (Wildman–Crippen MR) is 96.6 cm³/mol. The van der Waals surface area contributed by atoms with Crippen molar-refractivity contribution in [1.29, 1.82) is 0 Å². The average Bonchev–Trinajstić information content (AvgIpc) is 2.88. The minimum Gasteiger partial charge on any atom is -0.341 e. The molecule has 1 aromatic heterocycles. The Morgan fingerprint density at radius 3 is 2.84 bits per heavy atom. The molecule has 25 heavy (non-hydrogen) atoms. The molecule has 3 N–H and O–H groups in total. The van der Waals surface area contributed by atoms with Crippen molar-refractivity contribution < 1.29 is 9.59 Å². The number of para-hydroxylation sites is 2. The van der Waals surface area contributed by atoms with Gasteiger partial charge in [0.25, 0.3) is 0 Å². The van der Waals surface area contributed by atoms with Gasteiger partial charge < -0.3 is 15.2 Å². The number of benzene rings is 1. The van der Waals surface area contributed by atoms with Crippen LogP contribution in [0.4, 0.5) is 10.7 Å². The quantitative estimate of drug-likeness (QED) is 0.767. The van der Waals surface area contributed by atoms with E-state index in [0.717, 1.165) is 49.6 Å². The second kappa shape index (κ2) is 7.98. The molecule has 3 rings (SSSR count). The lowest BCUT2D eigenvalue weighted by Gasteiger charge is -2.21. The van der Waals surface area contributed by atoms with Crippen molar-refractivity contribution in [2.75, 3.05) is 44.2 Å². The van der Waals surface area contributed by atoms with Gasteiger partial charge in [-0.3, -0.25) is 15.0 Å². The zero-order chi connectivity index (χ0) is 17.6. The molecule has 1 aliphatic rings. The maximum Gasteiger partial charge on any atom is 0.321 e. The van der Waals surface area contributed by atoms with Crippen LogP contribution in [0.15, 0.2) is 24.3 Å². The highest BCUT2D eigenvalue weighted by atomic mass is 16.2. The Morgan fingerprint density at radius 1 is 1.20 bits per heavy atom. The largest absolute Gasteiger partial charge is 0.341 e. The number of aromatic nitrogens is 2. The number of nitrogens with one attached hydrogen (secondary N) is 3. The highest BCUT2D eigenvalue weighted by molar-refractivity contribution is 5.95. The van der Waals surface area contributed by atoms with E-state index in [0.29, 0.717) is 6.54 Å². The number of hydrogen-bond acceptors (Lipinski definition) is 5. The second-order valence-electron chi connectivity index (χ2n) is 6.10. The second-order valence-corrected chi connectivity index (χ2v) is 6.10. The van der Waals surface area contributed by atoms with Gasteiger partial charge >= 0.3 is 6.03 Å². The van der Waals surface area contributed by atoms with E-state index in [1.54, 1.807) is 0 Å². The molecule has 134 valence electrons. The number of nitrogens with zero attached hydrogens (tertiary/aromatic N) is 3. The minimum absolute atomic E-state index is 0.227. The van der Waals surface area contributed by atoms with Crippen LogP contribution in [-0.4, -0.2) is 66.1 Å². The van der Waals surface area contributed by atoms with Crippen LogP contribution in [-0.2, 0) is 4.79 Å². The Labute approximate surface area is 146 Å². The van der Waals surface area contributed by atoms with Crippen molar-refractivity contribution in [3.63, 3.8) is 0 Å². The smallest absolute Gasteiger partial charge is 0.321 e. The molecule has 0 unspecified atom stereocenters. The van der Waals surface area contributed by atoms with Gasteiger partial charge in [0, 0.05) is 32.7 Å². The number of urea groups is 1. The third kappa shape index (κ3) is 4.48. The molecule has 1 aliphatic heterocycles. The van der Waals surface area contributed by atoms with Gasteiger partial charge in [0.1, 0.15) is 0 Å². The third-order valence-corrected chi connectivity index (χ3v) is 4.22. The van der Waals surface area contributed by atoms with Gasteiger partial charge in [-0.15, -0.1) is 0 Å². The van der Waals surface area contributed by atoms with E-state index in [1.165, 1.54) is 0 Å². The maximum atomic E-state index is 11.9. The Morgan fingerprint density at radius 2 is 2.04 bits per heavy atom. The van der Waals surface area contributed by atoms with Crippen molar-refractivity contribution >= 4 is 28.9 Å². The molecular formula is C17H24N6O2. The summed E-state index contributed by atoms with van der Waals surface area (Å²) in [5, 5.41) is 4.90. The highest BCUT2D eigenvalue weighted by Crippen LogP contribution is 2.18. The lowest BCUT2D eigenvalue weighted by atomic mass is 10.3. The van der Waals surface area contributed by atoms with Crippen LogP contribution < -0.4 is 15.5 Å². The van der Waals surface area contributed by atoms with Crippen LogP contribution >= 0.6 is 0 Å².